The van der Waals surface area contributed by atoms with E-state index in [9.17, 15) is 0 Å². The Labute approximate surface area is 61.2 Å². The van der Waals surface area contributed by atoms with Crippen molar-refractivity contribution in [2.75, 3.05) is 14.1 Å². The second kappa shape index (κ2) is 5.20. The predicted octanol–water partition coefficient (Wildman–Crippen LogP) is -0.773. The lowest BCUT2D eigenvalue weighted by molar-refractivity contribution is -1.09. The van der Waals surface area contributed by atoms with Gasteiger partial charge in [-0.3, -0.25) is 0 Å². The third-order valence-corrected chi connectivity index (χ3v) is 1.26. The van der Waals surface area contributed by atoms with Crippen molar-refractivity contribution in [2.24, 2.45) is 0 Å². The zero-order valence-corrected chi connectivity index (χ0v) is 6.87. The molecule has 0 saturated carbocycles. The van der Waals surface area contributed by atoms with Gasteiger partial charge in [0.05, 0.1) is 14.1 Å². The van der Waals surface area contributed by atoms with Crippen LogP contribution >= 0.6 is 0 Å². The molecule has 0 aliphatic rings. The first kappa shape index (κ1) is 12.1. The molecule has 62 valence electrons. The molecule has 0 aromatic rings. The minimum Gasteiger partial charge on any atom is -0.554 e. The minimum atomic E-state index is -0.500. The summed E-state index contributed by atoms with van der Waals surface area (Å²) in [6.45, 7) is 3.44. The predicted molar refractivity (Wildman–Crippen MR) is 35.1 cm³/mol. The second-order valence-electron chi connectivity index (χ2n) is 2.67. The molecule has 0 aromatic carbocycles. The molecule has 10 heavy (non-hydrogen) atoms. The number of carboxylic acid groups (broad SMARTS) is 1. The first-order valence-corrected chi connectivity index (χ1v) is 2.98. The zero-order chi connectivity index (χ0) is 8.78. The van der Waals surface area contributed by atoms with Crippen LogP contribution < -0.4 is 5.11 Å². The molecule has 0 aliphatic carbocycles. The summed E-state index contributed by atoms with van der Waals surface area (Å²) in [4.78, 5) is 8.25. The van der Waals surface area contributed by atoms with E-state index in [2.05, 4.69) is 0 Å². The van der Waals surface area contributed by atoms with Gasteiger partial charge in [0, 0.05) is 6.47 Å². The summed E-state index contributed by atoms with van der Waals surface area (Å²) >= 11 is 0. The highest BCUT2D eigenvalue weighted by atomic mass is 16.5. The van der Waals surface area contributed by atoms with Gasteiger partial charge < -0.3 is 9.90 Å². The van der Waals surface area contributed by atoms with Gasteiger partial charge in [-0.25, -0.2) is 5.21 Å². The number of carbonyl (C=O) groups excluding carboxylic acids is 1. The average Bonchev–Trinajstić information content (AvgIpc) is 1.64. The molecular formula is C6H15NO3. The highest BCUT2D eigenvalue weighted by Gasteiger charge is 2.14. The third-order valence-electron chi connectivity index (χ3n) is 1.26. The Morgan fingerprint density at radius 3 is 1.60 bits per heavy atom. The van der Waals surface area contributed by atoms with Crippen LogP contribution in [0.2, 0.25) is 0 Å². The van der Waals surface area contributed by atoms with Crippen LogP contribution in [0.1, 0.15) is 13.8 Å². The van der Waals surface area contributed by atoms with Crippen molar-refractivity contribution < 1.29 is 19.8 Å². The number of quaternary nitrogens is 1. The molecule has 4 nitrogen and oxygen atoms in total. The van der Waals surface area contributed by atoms with E-state index >= 15 is 0 Å². The summed E-state index contributed by atoms with van der Waals surface area (Å²) in [6.07, 6.45) is 0. The van der Waals surface area contributed by atoms with E-state index in [-0.39, 0.29) is 4.65 Å². The summed E-state index contributed by atoms with van der Waals surface area (Å²) in [5.74, 6) is 0. The molecule has 4 heteroatoms. The Hall–Kier alpha value is -0.610. The monoisotopic (exact) mass is 149 g/mol. The quantitative estimate of drug-likeness (QED) is 0.302. The molecule has 1 N–H and O–H groups in total. The Morgan fingerprint density at radius 1 is 1.50 bits per heavy atom. The fourth-order valence-corrected chi connectivity index (χ4v) is 0. The molecule has 0 fully saturated rings. The van der Waals surface area contributed by atoms with Crippen LogP contribution in [0.4, 0.5) is 0 Å². The van der Waals surface area contributed by atoms with Gasteiger partial charge in [0.2, 0.25) is 0 Å². The minimum absolute atomic E-state index is 0.0556. The van der Waals surface area contributed by atoms with Gasteiger partial charge in [0.25, 0.3) is 0 Å². The van der Waals surface area contributed by atoms with Crippen molar-refractivity contribution in [3.63, 3.8) is 0 Å². The number of hydrogen-bond acceptors (Lipinski definition) is 3. The highest BCUT2D eigenvalue weighted by molar-refractivity contribution is 5.29. The van der Waals surface area contributed by atoms with E-state index in [1.165, 1.54) is 0 Å². The molecule has 0 aliphatic heterocycles. The molecule has 0 spiro atoms. The maximum absolute atomic E-state index is 9.03. The maximum Gasteiger partial charge on any atom is 0.113 e. The van der Waals surface area contributed by atoms with Crippen LogP contribution in [0, 0.1) is 0 Å². The van der Waals surface area contributed by atoms with Crippen LogP contribution in [-0.2, 0) is 4.79 Å². The summed E-state index contributed by atoms with van der Waals surface area (Å²) in [5, 5.41) is 17.3. The summed E-state index contributed by atoms with van der Waals surface area (Å²) in [7, 11) is 3.51. The van der Waals surface area contributed by atoms with Crippen LogP contribution in [0.25, 0.3) is 0 Å². The smallest absolute Gasteiger partial charge is 0.113 e. The molecule has 0 amide bonds. The molecule has 0 saturated heterocycles. The van der Waals surface area contributed by atoms with Gasteiger partial charge in [-0.1, -0.05) is 0 Å². The highest BCUT2D eigenvalue weighted by Crippen LogP contribution is 1.97. The van der Waals surface area contributed by atoms with Crippen molar-refractivity contribution >= 4 is 6.47 Å². The third kappa shape index (κ3) is 10.4. The van der Waals surface area contributed by atoms with Gasteiger partial charge in [-0.15, -0.1) is 0 Å². The Bertz CT molecular complexity index is 85.5. The molecule has 0 bridgehead atoms. The van der Waals surface area contributed by atoms with E-state index in [1.54, 1.807) is 14.1 Å². The van der Waals surface area contributed by atoms with Gasteiger partial charge in [0.1, 0.15) is 6.04 Å². The van der Waals surface area contributed by atoms with Gasteiger partial charge in [-0.2, -0.15) is 4.65 Å². The van der Waals surface area contributed by atoms with Gasteiger partial charge >= 0.3 is 0 Å². The Kier molecular flexibility index (Phi) is 6.29. The Morgan fingerprint density at radius 2 is 1.60 bits per heavy atom. The molecule has 0 rings (SSSR count). The number of hydrogen-bond donors (Lipinski definition) is 1. The fourth-order valence-electron chi connectivity index (χ4n) is 0. The van der Waals surface area contributed by atoms with Crippen molar-refractivity contribution in [1.29, 1.82) is 0 Å². The van der Waals surface area contributed by atoms with Crippen LogP contribution in [0.15, 0.2) is 0 Å². The van der Waals surface area contributed by atoms with Crippen molar-refractivity contribution in [3.8, 4) is 0 Å². The topological polar surface area (TPSA) is 60.4 Å². The van der Waals surface area contributed by atoms with E-state index in [4.69, 9.17) is 15.1 Å². The second-order valence-corrected chi connectivity index (χ2v) is 2.67. The Balaban J connectivity index is 0. The van der Waals surface area contributed by atoms with E-state index < -0.39 is 6.47 Å². The summed E-state index contributed by atoms with van der Waals surface area (Å²) in [6, 6.07) is 0.292. The lowest BCUT2D eigenvalue weighted by atomic mass is 10.4. The SMILES string of the molecule is CC(C)[N+](C)(C)O.O=C[O-]. The van der Waals surface area contributed by atoms with Crippen LogP contribution in [0.5, 0.6) is 0 Å². The number of carbonyl (C=O) groups is 1. The number of hydroxylamine groups is 3. The lowest BCUT2D eigenvalue weighted by Gasteiger charge is -2.23. The van der Waals surface area contributed by atoms with Crippen LogP contribution in [0.3, 0.4) is 0 Å². The summed E-state index contributed by atoms with van der Waals surface area (Å²) in [5.41, 5.74) is 0. The maximum atomic E-state index is 9.03. The van der Waals surface area contributed by atoms with Crippen molar-refractivity contribution in [2.45, 2.75) is 19.9 Å². The molecule has 0 unspecified atom stereocenters. The molecule has 0 radical (unpaired) electrons. The molecule has 0 atom stereocenters. The van der Waals surface area contributed by atoms with Crippen molar-refractivity contribution in [3.05, 3.63) is 0 Å². The average molecular weight is 149 g/mol. The first-order chi connectivity index (χ1) is 4.36. The summed E-state index contributed by atoms with van der Waals surface area (Å²) < 4.78 is 0.0556. The lowest BCUT2D eigenvalue weighted by Crippen LogP contribution is -2.41. The molecule has 0 aromatic heterocycles. The molecule has 0 heterocycles. The normalized spacial score (nSPS) is 10.2. The number of nitrogens with zero attached hydrogens (tertiary/aromatic N) is 1. The van der Waals surface area contributed by atoms with Crippen molar-refractivity contribution in [1.82, 2.24) is 0 Å². The van der Waals surface area contributed by atoms with Crippen LogP contribution in [-0.4, -0.2) is 36.5 Å². The number of rotatable bonds is 1. The van der Waals surface area contributed by atoms with E-state index in [1.807, 2.05) is 13.8 Å². The van der Waals surface area contributed by atoms with Gasteiger partial charge in [0.15, 0.2) is 0 Å². The first-order valence-electron chi connectivity index (χ1n) is 2.98. The fraction of sp³-hybridized carbons (Fsp3) is 0.833. The zero-order valence-electron chi connectivity index (χ0n) is 6.87. The largest absolute Gasteiger partial charge is 0.554 e. The van der Waals surface area contributed by atoms with E-state index in [0.29, 0.717) is 6.04 Å². The standard InChI is InChI=1S/C5H14NO.CH2O2/c1-5(2)6(3,4)7;2-1-3/h5,7H,1-4H3;1H,(H,2,3)/q+1;/p-1. The molecular weight excluding hydrogens is 134 g/mol. The van der Waals surface area contributed by atoms with E-state index in [0.717, 1.165) is 0 Å². The van der Waals surface area contributed by atoms with Gasteiger partial charge in [-0.05, 0) is 13.8 Å².